The highest BCUT2D eigenvalue weighted by Crippen LogP contribution is 2.38. The zero-order chi connectivity index (χ0) is 13.9. The predicted molar refractivity (Wildman–Crippen MR) is 62.8 cm³/mol. The van der Waals surface area contributed by atoms with E-state index in [1.807, 2.05) is 0 Å². The number of nitrogens with zero attached hydrogens (tertiary/aromatic N) is 1. The molecule has 0 aliphatic rings. The third kappa shape index (κ3) is 2.77. The molecule has 98 valence electrons. The molecule has 0 fully saturated rings. The number of nitro groups is 1. The highest BCUT2D eigenvalue weighted by molar-refractivity contribution is 7.17. The predicted octanol–water partition coefficient (Wildman–Crippen LogP) is 1.74. The Bertz CT molecular complexity index is 483. The first-order chi connectivity index (χ1) is 8.42. The van der Waals surface area contributed by atoms with E-state index in [2.05, 4.69) is 9.47 Å². The Morgan fingerprint density at radius 2 is 1.89 bits per heavy atom. The van der Waals surface area contributed by atoms with E-state index in [0.29, 0.717) is 0 Å². The summed E-state index contributed by atoms with van der Waals surface area (Å²) in [5.74, 6) is -3.38. The van der Waals surface area contributed by atoms with Crippen LogP contribution in [-0.2, 0) is 19.1 Å². The van der Waals surface area contributed by atoms with Gasteiger partial charge in [-0.3, -0.25) is 19.7 Å². The van der Waals surface area contributed by atoms with Gasteiger partial charge in [-0.25, -0.2) is 0 Å². The van der Waals surface area contributed by atoms with Crippen LogP contribution in [0, 0.1) is 10.1 Å². The Hall–Kier alpha value is -1.67. The normalized spacial score (nSPS) is 10.2. The van der Waals surface area contributed by atoms with Crippen LogP contribution in [0.5, 0.6) is 0 Å². The minimum atomic E-state index is -1.50. The van der Waals surface area contributed by atoms with E-state index in [-0.39, 0.29) is 9.21 Å². The lowest BCUT2D eigenvalue weighted by atomic mass is 10.1. The van der Waals surface area contributed by atoms with Gasteiger partial charge in [-0.1, -0.05) is 11.6 Å². The zero-order valence-electron chi connectivity index (χ0n) is 9.34. The van der Waals surface area contributed by atoms with Crippen LogP contribution in [0.25, 0.3) is 0 Å². The smallest absolute Gasteiger partial charge is 0.325 e. The minimum Gasteiger partial charge on any atom is -0.468 e. The van der Waals surface area contributed by atoms with Crippen molar-refractivity contribution in [1.82, 2.24) is 0 Å². The fourth-order valence-corrected chi connectivity index (χ4v) is 2.54. The van der Waals surface area contributed by atoms with Crippen LogP contribution in [0.1, 0.15) is 10.8 Å². The van der Waals surface area contributed by atoms with Crippen molar-refractivity contribution in [3.05, 3.63) is 25.4 Å². The maximum absolute atomic E-state index is 11.5. The van der Waals surface area contributed by atoms with Crippen molar-refractivity contribution >= 4 is 40.6 Å². The zero-order valence-corrected chi connectivity index (χ0v) is 10.9. The van der Waals surface area contributed by atoms with Crippen molar-refractivity contribution in [2.45, 2.75) is 5.92 Å². The molecule has 0 bridgehead atoms. The number of halogens is 1. The lowest BCUT2D eigenvalue weighted by Crippen LogP contribution is -2.24. The van der Waals surface area contributed by atoms with Crippen LogP contribution >= 0.6 is 22.9 Å². The van der Waals surface area contributed by atoms with Gasteiger partial charge in [-0.05, 0) is 0 Å². The molecule has 18 heavy (non-hydrogen) atoms. The molecule has 0 aromatic carbocycles. The van der Waals surface area contributed by atoms with Crippen LogP contribution in [-0.4, -0.2) is 31.1 Å². The van der Waals surface area contributed by atoms with E-state index in [0.717, 1.165) is 31.6 Å². The van der Waals surface area contributed by atoms with Crippen LogP contribution < -0.4 is 0 Å². The Morgan fingerprint density at radius 3 is 2.28 bits per heavy atom. The standard InChI is InChI=1S/C9H8ClNO6S/c1-16-8(12)6(9(13)17-2)7-4(11(14)15)3-5(10)18-7/h3,6H,1-2H3. The maximum Gasteiger partial charge on any atom is 0.325 e. The van der Waals surface area contributed by atoms with Gasteiger partial charge in [0, 0.05) is 6.07 Å². The Balaban J connectivity index is 3.33. The van der Waals surface area contributed by atoms with E-state index >= 15 is 0 Å². The SMILES string of the molecule is COC(=O)C(C(=O)OC)c1sc(Cl)cc1[N+](=O)[O-]. The first-order valence-corrected chi connectivity index (χ1v) is 5.71. The monoisotopic (exact) mass is 293 g/mol. The van der Waals surface area contributed by atoms with Crippen molar-refractivity contribution in [3.63, 3.8) is 0 Å². The van der Waals surface area contributed by atoms with Crippen LogP contribution in [0.15, 0.2) is 6.07 Å². The van der Waals surface area contributed by atoms with Gasteiger partial charge in [-0.15, -0.1) is 11.3 Å². The molecule has 1 rings (SSSR count). The summed E-state index contributed by atoms with van der Waals surface area (Å²) >= 11 is 6.42. The Kier molecular flexibility index (Phi) is 4.62. The number of ether oxygens (including phenoxy) is 2. The summed E-state index contributed by atoms with van der Waals surface area (Å²) in [5.41, 5.74) is -0.411. The third-order valence-electron chi connectivity index (χ3n) is 2.04. The van der Waals surface area contributed by atoms with Gasteiger partial charge in [0.1, 0.15) is 9.21 Å². The topological polar surface area (TPSA) is 95.7 Å². The number of methoxy groups -OCH3 is 2. The second-order valence-corrected chi connectivity index (χ2v) is 4.75. The average molecular weight is 294 g/mol. The summed E-state index contributed by atoms with van der Waals surface area (Å²) in [6.45, 7) is 0. The summed E-state index contributed by atoms with van der Waals surface area (Å²) in [4.78, 5) is 33.0. The van der Waals surface area contributed by atoms with Gasteiger partial charge in [0.25, 0.3) is 5.69 Å². The van der Waals surface area contributed by atoms with Gasteiger partial charge in [0.05, 0.1) is 19.1 Å². The fourth-order valence-electron chi connectivity index (χ4n) is 1.26. The van der Waals surface area contributed by atoms with Crippen molar-refractivity contribution in [2.75, 3.05) is 14.2 Å². The second-order valence-electron chi connectivity index (χ2n) is 3.04. The molecule has 0 spiro atoms. The molecule has 0 aliphatic heterocycles. The summed E-state index contributed by atoms with van der Waals surface area (Å²) in [5, 5.41) is 10.8. The summed E-state index contributed by atoms with van der Waals surface area (Å²) in [6.07, 6.45) is 0. The molecule has 1 aromatic heterocycles. The van der Waals surface area contributed by atoms with Gasteiger partial charge >= 0.3 is 11.9 Å². The van der Waals surface area contributed by atoms with E-state index in [1.54, 1.807) is 0 Å². The van der Waals surface area contributed by atoms with Gasteiger partial charge in [-0.2, -0.15) is 0 Å². The van der Waals surface area contributed by atoms with E-state index in [4.69, 9.17) is 11.6 Å². The van der Waals surface area contributed by atoms with E-state index in [9.17, 15) is 19.7 Å². The summed E-state index contributed by atoms with van der Waals surface area (Å²) in [6, 6.07) is 1.07. The number of carbonyl (C=O) groups is 2. The van der Waals surface area contributed by atoms with Gasteiger partial charge < -0.3 is 9.47 Å². The van der Waals surface area contributed by atoms with E-state index in [1.165, 1.54) is 0 Å². The summed E-state index contributed by atoms with van der Waals surface area (Å²) in [7, 11) is 2.14. The van der Waals surface area contributed by atoms with Crippen LogP contribution in [0.3, 0.4) is 0 Å². The van der Waals surface area contributed by atoms with Gasteiger partial charge in [0.15, 0.2) is 5.92 Å². The lowest BCUT2D eigenvalue weighted by Gasteiger charge is -2.09. The molecule has 0 N–H and O–H groups in total. The minimum absolute atomic E-state index is 0.0921. The Labute approximate surface area is 110 Å². The number of carbonyl (C=O) groups excluding carboxylic acids is 2. The van der Waals surface area contributed by atoms with Crippen molar-refractivity contribution < 1.29 is 24.0 Å². The molecule has 1 aromatic rings. The number of hydrogen-bond donors (Lipinski definition) is 0. The number of thiophene rings is 1. The first-order valence-electron chi connectivity index (χ1n) is 4.51. The molecular formula is C9H8ClNO6S. The average Bonchev–Trinajstić information content (AvgIpc) is 2.71. The summed E-state index contributed by atoms with van der Waals surface area (Å²) < 4.78 is 8.96. The highest BCUT2D eigenvalue weighted by Gasteiger charge is 2.38. The Morgan fingerprint density at radius 1 is 1.39 bits per heavy atom. The third-order valence-corrected chi connectivity index (χ3v) is 3.36. The molecule has 1 heterocycles. The molecule has 0 aliphatic carbocycles. The van der Waals surface area contributed by atoms with Crippen LogP contribution in [0.4, 0.5) is 5.69 Å². The van der Waals surface area contributed by atoms with Crippen molar-refractivity contribution in [1.29, 1.82) is 0 Å². The maximum atomic E-state index is 11.5. The van der Waals surface area contributed by atoms with E-state index < -0.39 is 28.5 Å². The van der Waals surface area contributed by atoms with Crippen molar-refractivity contribution in [3.8, 4) is 0 Å². The first kappa shape index (κ1) is 14.4. The molecule has 0 amide bonds. The number of hydrogen-bond acceptors (Lipinski definition) is 7. The van der Waals surface area contributed by atoms with Crippen molar-refractivity contribution in [2.24, 2.45) is 0 Å². The molecule has 0 saturated heterocycles. The van der Waals surface area contributed by atoms with Gasteiger partial charge in [0.2, 0.25) is 0 Å². The molecule has 0 unspecified atom stereocenters. The lowest BCUT2D eigenvalue weighted by molar-refractivity contribution is -0.385. The second kappa shape index (κ2) is 5.78. The molecule has 0 radical (unpaired) electrons. The highest BCUT2D eigenvalue weighted by atomic mass is 35.5. The largest absolute Gasteiger partial charge is 0.468 e. The van der Waals surface area contributed by atoms with Crippen LogP contribution in [0.2, 0.25) is 4.34 Å². The molecule has 0 atom stereocenters. The number of esters is 2. The number of rotatable bonds is 4. The molecular weight excluding hydrogens is 286 g/mol. The molecule has 0 saturated carbocycles. The molecule has 9 heteroatoms. The molecule has 7 nitrogen and oxygen atoms in total. The quantitative estimate of drug-likeness (QED) is 0.363. The fraction of sp³-hybridized carbons (Fsp3) is 0.333.